The molecule has 1 aromatic heterocycles. The van der Waals surface area contributed by atoms with Crippen molar-refractivity contribution < 1.29 is 4.42 Å². The molecule has 0 saturated heterocycles. The minimum Gasteiger partial charge on any atom is -0.423 e. The van der Waals surface area contributed by atoms with Gasteiger partial charge in [0, 0.05) is 11.6 Å². The first-order chi connectivity index (χ1) is 6.77. The van der Waals surface area contributed by atoms with Crippen molar-refractivity contribution >= 4 is 12.2 Å². The number of allylic oxidation sites excluding steroid dienone is 1. The van der Waals surface area contributed by atoms with E-state index in [0.717, 1.165) is 5.56 Å². The second-order valence-electron chi connectivity index (χ2n) is 2.28. The Kier molecular flexibility index (Phi) is 6.12. The molecule has 2 nitrogen and oxygen atoms in total. The molecule has 14 heavy (non-hydrogen) atoms. The Morgan fingerprint density at radius 1 is 1.36 bits per heavy atom. The van der Waals surface area contributed by atoms with Gasteiger partial charge in [-0.3, -0.25) is 0 Å². The molecular formula is C12H16O2. The average Bonchev–Trinajstić information content (AvgIpc) is 2.24. The second kappa shape index (κ2) is 6.89. The SMILES string of the molecule is C=Cc1oc(=O)ccc1/C=C\C.CC. The maximum absolute atomic E-state index is 10.8. The molecule has 0 aliphatic carbocycles. The molecular weight excluding hydrogens is 176 g/mol. The first-order valence-electron chi connectivity index (χ1n) is 4.67. The number of hydrogen-bond donors (Lipinski definition) is 0. The molecule has 0 aromatic carbocycles. The third-order valence-electron chi connectivity index (χ3n) is 1.43. The number of hydrogen-bond acceptors (Lipinski definition) is 2. The highest BCUT2D eigenvalue weighted by molar-refractivity contribution is 5.59. The van der Waals surface area contributed by atoms with Crippen molar-refractivity contribution in [1.82, 2.24) is 0 Å². The summed E-state index contributed by atoms with van der Waals surface area (Å²) in [4.78, 5) is 10.8. The standard InChI is InChI=1S/C10H10O2.C2H6/c1-3-5-8-6-7-10(11)12-9(8)4-2;1-2/h3-7H,2H2,1H3;1-2H3/b5-3-;. The Bertz CT molecular complexity index is 359. The topological polar surface area (TPSA) is 30.2 Å². The van der Waals surface area contributed by atoms with Crippen molar-refractivity contribution in [1.29, 1.82) is 0 Å². The van der Waals surface area contributed by atoms with Crippen molar-refractivity contribution in [3.63, 3.8) is 0 Å². The van der Waals surface area contributed by atoms with E-state index in [1.165, 1.54) is 12.1 Å². The van der Waals surface area contributed by atoms with Gasteiger partial charge in [0.1, 0.15) is 5.76 Å². The molecule has 1 heterocycles. The molecule has 0 spiro atoms. The van der Waals surface area contributed by atoms with Crippen molar-refractivity contribution in [2.24, 2.45) is 0 Å². The van der Waals surface area contributed by atoms with Crippen molar-refractivity contribution in [3.8, 4) is 0 Å². The normalized spacial score (nSPS) is 9.36. The predicted octanol–water partition coefficient (Wildman–Crippen LogP) is 3.34. The van der Waals surface area contributed by atoms with E-state index >= 15 is 0 Å². The van der Waals surface area contributed by atoms with Gasteiger partial charge in [-0.05, 0) is 19.1 Å². The largest absolute Gasteiger partial charge is 0.423 e. The molecule has 2 heteroatoms. The molecule has 76 valence electrons. The van der Waals surface area contributed by atoms with Crippen molar-refractivity contribution in [2.75, 3.05) is 0 Å². The van der Waals surface area contributed by atoms with Gasteiger partial charge in [-0.2, -0.15) is 0 Å². The van der Waals surface area contributed by atoms with Crippen LogP contribution in [-0.4, -0.2) is 0 Å². The molecule has 0 radical (unpaired) electrons. The minimum atomic E-state index is -0.349. The Labute approximate surface area is 84.6 Å². The summed E-state index contributed by atoms with van der Waals surface area (Å²) in [5.41, 5.74) is 0.519. The van der Waals surface area contributed by atoms with Gasteiger partial charge in [0.15, 0.2) is 0 Å². The fourth-order valence-corrected chi connectivity index (χ4v) is 0.918. The van der Waals surface area contributed by atoms with Crippen LogP contribution in [0.15, 0.2) is 34.0 Å². The molecule has 0 aliphatic rings. The van der Waals surface area contributed by atoms with Crippen LogP contribution < -0.4 is 5.63 Å². The second-order valence-corrected chi connectivity index (χ2v) is 2.28. The van der Waals surface area contributed by atoms with E-state index in [-0.39, 0.29) is 5.63 Å². The maximum Gasteiger partial charge on any atom is 0.336 e. The highest BCUT2D eigenvalue weighted by Gasteiger charge is 1.97. The van der Waals surface area contributed by atoms with Crippen LogP contribution in [0.25, 0.3) is 12.2 Å². The van der Waals surface area contributed by atoms with Gasteiger partial charge in [-0.15, -0.1) is 0 Å². The van der Waals surface area contributed by atoms with Crippen LogP contribution in [0.2, 0.25) is 0 Å². The Morgan fingerprint density at radius 3 is 2.50 bits per heavy atom. The van der Waals surface area contributed by atoms with Gasteiger partial charge in [0.2, 0.25) is 0 Å². The molecule has 0 saturated carbocycles. The summed E-state index contributed by atoms with van der Waals surface area (Å²) in [6.45, 7) is 9.45. The van der Waals surface area contributed by atoms with E-state index in [2.05, 4.69) is 6.58 Å². The Balaban J connectivity index is 0.000000791. The van der Waals surface area contributed by atoms with Crippen LogP contribution >= 0.6 is 0 Å². The molecule has 0 fully saturated rings. The first-order valence-corrected chi connectivity index (χ1v) is 4.67. The van der Waals surface area contributed by atoms with E-state index in [4.69, 9.17) is 4.42 Å². The molecule has 0 unspecified atom stereocenters. The fourth-order valence-electron chi connectivity index (χ4n) is 0.918. The van der Waals surface area contributed by atoms with E-state index in [9.17, 15) is 4.79 Å². The minimum absolute atomic E-state index is 0.349. The van der Waals surface area contributed by atoms with Crippen LogP contribution in [0.4, 0.5) is 0 Å². The lowest BCUT2D eigenvalue weighted by molar-refractivity contribution is 0.500. The molecule has 0 bridgehead atoms. The summed E-state index contributed by atoms with van der Waals surface area (Å²) in [5, 5.41) is 0. The highest BCUT2D eigenvalue weighted by Crippen LogP contribution is 2.08. The summed E-state index contributed by atoms with van der Waals surface area (Å²) >= 11 is 0. The molecule has 0 atom stereocenters. The van der Waals surface area contributed by atoms with E-state index < -0.39 is 0 Å². The zero-order valence-electron chi connectivity index (χ0n) is 8.91. The number of rotatable bonds is 2. The lowest BCUT2D eigenvalue weighted by atomic mass is 10.2. The van der Waals surface area contributed by atoms with Gasteiger partial charge < -0.3 is 4.42 Å². The quantitative estimate of drug-likeness (QED) is 0.719. The van der Waals surface area contributed by atoms with Crippen LogP contribution in [0.3, 0.4) is 0 Å². The van der Waals surface area contributed by atoms with E-state index in [1.54, 1.807) is 6.07 Å². The third kappa shape index (κ3) is 3.44. The van der Waals surface area contributed by atoms with Gasteiger partial charge in [0.25, 0.3) is 0 Å². The summed E-state index contributed by atoms with van der Waals surface area (Å²) in [7, 11) is 0. The fraction of sp³-hybridized carbons (Fsp3) is 0.250. The summed E-state index contributed by atoms with van der Waals surface area (Å²) in [6, 6.07) is 3.10. The Hall–Kier alpha value is -1.57. The zero-order chi connectivity index (χ0) is 11.0. The monoisotopic (exact) mass is 192 g/mol. The van der Waals surface area contributed by atoms with E-state index in [0.29, 0.717) is 5.76 Å². The Morgan fingerprint density at radius 2 is 2.00 bits per heavy atom. The molecule has 0 amide bonds. The zero-order valence-corrected chi connectivity index (χ0v) is 8.91. The lowest BCUT2D eigenvalue weighted by Gasteiger charge is -1.96. The van der Waals surface area contributed by atoms with Crippen molar-refractivity contribution in [2.45, 2.75) is 20.8 Å². The third-order valence-corrected chi connectivity index (χ3v) is 1.43. The molecule has 1 aromatic rings. The summed E-state index contributed by atoms with van der Waals surface area (Å²) in [6.07, 6.45) is 5.26. The van der Waals surface area contributed by atoms with Gasteiger partial charge in [-0.1, -0.05) is 32.6 Å². The predicted molar refractivity (Wildman–Crippen MR) is 61.1 cm³/mol. The summed E-state index contributed by atoms with van der Waals surface area (Å²) in [5.74, 6) is 0.514. The highest BCUT2D eigenvalue weighted by atomic mass is 16.4. The van der Waals surface area contributed by atoms with E-state index in [1.807, 2.05) is 32.9 Å². The summed E-state index contributed by atoms with van der Waals surface area (Å²) < 4.78 is 4.89. The van der Waals surface area contributed by atoms with Gasteiger partial charge >= 0.3 is 5.63 Å². The molecule has 0 aliphatic heterocycles. The molecule has 1 rings (SSSR count). The first kappa shape index (κ1) is 12.4. The van der Waals surface area contributed by atoms with Gasteiger partial charge in [-0.25, -0.2) is 4.79 Å². The van der Waals surface area contributed by atoms with Crippen molar-refractivity contribution in [3.05, 3.63) is 46.5 Å². The molecule has 0 N–H and O–H groups in total. The average molecular weight is 192 g/mol. The van der Waals surface area contributed by atoms with Crippen LogP contribution in [-0.2, 0) is 0 Å². The smallest absolute Gasteiger partial charge is 0.336 e. The lowest BCUT2D eigenvalue weighted by Crippen LogP contribution is -1.97. The van der Waals surface area contributed by atoms with Gasteiger partial charge in [0.05, 0.1) is 0 Å². The van der Waals surface area contributed by atoms with Crippen LogP contribution in [0.5, 0.6) is 0 Å². The van der Waals surface area contributed by atoms with Crippen LogP contribution in [0, 0.1) is 0 Å². The van der Waals surface area contributed by atoms with Crippen LogP contribution in [0.1, 0.15) is 32.1 Å². The maximum atomic E-state index is 10.8.